The molecule has 0 spiro atoms. The molecule has 20 heavy (non-hydrogen) atoms. The van der Waals surface area contributed by atoms with E-state index in [4.69, 9.17) is 0 Å². The Hall–Kier alpha value is -1.65. The molecule has 0 aliphatic rings. The molecule has 2 aromatic rings. The van der Waals surface area contributed by atoms with Gasteiger partial charge in [0.25, 0.3) is 0 Å². The van der Waals surface area contributed by atoms with Gasteiger partial charge in [-0.25, -0.2) is 4.98 Å². The average molecular weight is 274 g/mol. The molecule has 0 fully saturated rings. The molecule has 1 aromatic heterocycles. The van der Waals surface area contributed by atoms with E-state index in [1.54, 1.807) is 6.20 Å². The van der Waals surface area contributed by atoms with Gasteiger partial charge < -0.3 is 14.8 Å². The first-order chi connectivity index (χ1) is 9.61. The van der Waals surface area contributed by atoms with E-state index in [9.17, 15) is 10.2 Å². The van der Waals surface area contributed by atoms with Crippen LogP contribution in [-0.2, 0) is 18.9 Å². The van der Waals surface area contributed by atoms with Gasteiger partial charge in [0, 0.05) is 31.3 Å². The summed E-state index contributed by atoms with van der Waals surface area (Å²) < 4.78 is 1.97. The fourth-order valence-corrected chi connectivity index (χ4v) is 2.43. The molecule has 1 heterocycles. The molecule has 2 N–H and O–H groups in total. The molecule has 0 radical (unpaired) electrons. The van der Waals surface area contributed by atoms with Crippen LogP contribution in [0.1, 0.15) is 23.4 Å². The van der Waals surface area contributed by atoms with E-state index in [0.717, 1.165) is 17.8 Å². The van der Waals surface area contributed by atoms with E-state index >= 15 is 0 Å². The van der Waals surface area contributed by atoms with Crippen LogP contribution in [0.15, 0.2) is 36.7 Å². The maximum Gasteiger partial charge on any atom is 0.108 e. The number of aliphatic hydroxyl groups excluding tert-OH is 2. The van der Waals surface area contributed by atoms with Crippen molar-refractivity contribution in [3.05, 3.63) is 53.6 Å². The third-order valence-electron chi connectivity index (χ3n) is 4.02. The molecule has 4 nitrogen and oxygen atoms in total. The highest BCUT2D eigenvalue weighted by Crippen LogP contribution is 2.29. The fourth-order valence-electron chi connectivity index (χ4n) is 2.43. The fraction of sp³-hybridized carbons (Fsp3) is 0.438. The lowest BCUT2D eigenvalue weighted by atomic mass is 9.77. The minimum Gasteiger partial charge on any atom is -0.395 e. The molecule has 2 rings (SSSR count). The zero-order chi connectivity index (χ0) is 14.6. The summed E-state index contributed by atoms with van der Waals surface area (Å²) in [5.41, 5.74) is 1.53. The van der Waals surface area contributed by atoms with Gasteiger partial charge in [0.2, 0.25) is 0 Å². The van der Waals surface area contributed by atoms with E-state index in [1.807, 2.05) is 49.0 Å². The Kier molecular flexibility index (Phi) is 4.57. The summed E-state index contributed by atoms with van der Waals surface area (Å²) in [6, 6.07) is 7.99. The number of hydrogen-bond donors (Lipinski definition) is 2. The Morgan fingerprint density at radius 3 is 2.30 bits per heavy atom. The largest absolute Gasteiger partial charge is 0.395 e. The van der Waals surface area contributed by atoms with Crippen LogP contribution < -0.4 is 0 Å². The lowest BCUT2D eigenvalue weighted by molar-refractivity contribution is 0.109. The van der Waals surface area contributed by atoms with Crippen molar-refractivity contribution in [3.8, 4) is 0 Å². The summed E-state index contributed by atoms with van der Waals surface area (Å²) in [5, 5.41) is 19.6. The molecule has 0 atom stereocenters. The van der Waals surface area contributed by atoms with Gasteiger partial charge in [-0.2, -0.15) is 0 Å². The van der Waals surface area contributed by atoms with Gasteiger partial charge in [-0.05, 0) is 18.9 Å². The quantitative estimate of drug-likeness (QED) is 0.841. The molecule has 0 aliphatic heterocycles. The van der Waals surface area contributed by atoms with Crippen LogP contribution in [0, 0.1) is 6.92 Å². The summed E-state index contributed by atoms with van der Waals surface area (Å²) in [7, 11) is 1.95. The predicted molar refractivity (Wildman–Crippen MR) is 78.6 cm³/mol. The van der Waals surface area contributed by atoms with E-state index < -0.39 is 5.41 Å². The minimum atomic E-state index is -0.611. The van der Waals surface area contributed by atoms with Gasteiger partial charge >= 0.3 is 0 Å². The standard InChI is InChI=1S/C16H22N2O2/c1-13-3-5-14(6-4-13)16(11-19,12-20)8-7-15-17-9-10-18(15)2/h3-6,9-10,19-20H,7-8,11-12H2,1-2H3. The number of rotatable bonds is 6. The first kappa shape index (κ1) is 14.8. The minimum absolute atomic E-state index is 0.0724. The number of aliphatic hydroxyl groups is 2. The van der Waals surface area contributed by atoms with E-state index in [0.29, 0.717) is 6.42 Å². The van der Waals surface area contributed by atoms with Crippen molar-refractivity contribution in [2.24, 2.45) is 7.05 Å². The van der Waals surface area contributed by atoms with Crippen LogP contribution in [-0.4, -0.2) is 33.0 Å². The highest BCUT2D eigenvalue weighted by atomic mass is 16.3. The molecule has 0 unspecified atom stereocenters. The van der Waals surface area contributed by atoms with E-state index in [1.165, 1.54) is 5.56 Å². The summed E-state index contributed by atoms with van der Waals surface area (Å²) in [4.78, 5) is 4.29. The van der Waals surface area contributed by atoms with Crippen molar-refractivity contribution in [2.45, 2.75) is 25.2 Å². The molecule has 108 valence electrons. The maximum atomic E-state index is 9.81. The van der Waals surface area contributed by atoms with Gasteiger partial charge in [0.1, 0.15) is 5.82 Å². The molecule has 4 heteroatoms. The molecular formula is C16H22N2O2. The monoisotopic (exact) mass is 274 g/mol. The second kappa shape index (κ2) is 6.20. The van der Waals surface area contributed by atoms with Gasteiger partial charge in [-0.15, -0.1) is 0 Å². The Morgan fingerprint density at radius 1 is 1.15 bits per heavy atom. The molecule has 0 saturated carbocycles. The summed E-state index contributed by atoms with van der Waals surface area (Å²) in [6.07, 6.45) is 5.05. The highest BCUT2D eigenvalue weighted by Gasteiger charge is 2.31. The normalized spacial score (nSPS) is 11.8. The molecule has 0 saturated heterocycles. The Balaban J connectivity index is 2.21. The van der Waals surface area contributed by atoms with Crippen LogP contribution in [0.4, 0.5) is 0 Å². The van der Waals surface area contributed by atoms with E-state index in [2.05, 4.69) is 4.98 Å². The molecule has 1 aromatic carbocycles. The van der Waals surface area contributed by atoms with Crippen molar-refractivity contribution in [1.29, 1.82) is 0 Å². The van der Waals surface area contributed by atoms with Crippen LogP contribution in [0.2, 0.25) is 0 Å². The van der Waals surface area contributed by atoms with Gasteiger partial charge in [0.05, 0.1) is 13.2 Å². The van der Waals surface area contributed by atoms with Crippen molar-refractivity contribution in [2.75, 3.05) is 13.2 Å². The number of nitrogens with zero attached hydrogens (tertiary/aromatic N) is 2. The first-order valence-electron chi connectivity index (χ1n) is 6.86. The lowest BCUT2D eigenvalue weighted by Crippen LogP contribution is -2.35. The van der Waals surface area contributed by atoms with Crippen molar-refractivity contribution in [1.82, 2.24) is 9.55 Å². The van der Waals surface area contributed by atoms with Gasteiger partial charge in [-0.3, -0.25) is 0 Å². The smallest absolute Gasteiger partial charge is 0.108 e. The summed E-state index contributed by atoms with van der Waals surface area (Å²) in [5.74, 6) is 0.961. The summed E-state index contributed by atoms with van der Waals surface area (Å²) >= 11 is 0. The number of benzene rings is 1. The van der Waals surface area contributed by atoms with Crippen LogP contribution in [0.3, 0.4) is 0 Å². The Morgan fingerprint density at radius 2 is 1.80 bits per heavy atom. The van der Waals surface area contributed by atoms with Crippen LogP contribution in [0.5, 0.6) is 0 Å². The van der Waals surface area contributed by atoms with Crippen molar-refractivity contribution >= 4 is 0 Å². The number of aryl methyl sites for hydroxylation is 3. The highest BCUT2D eigenvalue weighted by molar-refractivity contribution is 5.29. The number of aromatic nitrogens is 2. The van der Waals surface area contributed by atoms with Crippen molar-refractivity contribution < 1.29 is 10.2 Å². The van der Waals surface area contributed by atoms with Gasteiger partial charge in [0.15, 0.2) is 0 Å². The zero-order valence-corrected chi connectivity index (χ0v) is 12.1. The molecule has 0 aliphatic carbocycles. The Bertz CT molecular complexity index is 542. The predicted octanol–water partition coefficient (Wildman–Crippen LogP) is 1.58. The average Bonchev–Trinajstić information content (AvgIpc) is 2.88. The van der Waals surface area contributed by atoms with Crippen molar-refractivity contribution in [3.63, 3.8) is 0 Å². The molecule has 0 amide bonds. The third kappa shape index (κ3) is 2.92. The molecule has 0 bridgehead atoms. The first-order valence-corrected chi connectivity index (χ1v) is 6.86. The lowest BCUT2D eigenvalue weighted by Gasteiger charge is -2.30. The Labute approximate surface area is 119 Å². The topological polar surface area (TPSA) is 58.3 Å². The van der Waals surface area contributed by atoms with Crippen LogP contribution in [0.25, 0.3) is 0 Å². The number of imidazole rings is 1. The number of hydrogen-bond acceptors (Lipinski definition) is 3. The maximum absolute atomic E-state index is 9.81. The third-order valence-corrected chi connectivity index (χ3v) is 4.02. The second-order valence-corrected chi connectivity index (χ2v) is 5.42. The SMILES string of the molecule is Cc1ccc(C(CO)(CO)CCc2nccn2C)cc1. The summed E-state index contributed by atoms with van der Waals surface area (Å²) in [6.45, 7) is 1.88. The van der Waals surface area contributed by atoms with E-state index in [-0.39, 0.29) is 13.2 Å². The second-order valence-electron chi connectivity index (χ2n) is 5.42. The van der Waals surface area contributed by atoms with Crippen LogP contribution >= 0.6 is 0 Å². The van der Waals surface area contributed by atoms with Gasteiger partial charge in [-0.1, -0.05) is 29.8 Å². The zero-order valence-electron chi connectivity index (χ0n) is 12.1. The molecular weight excluding hydrogens is 252 g/mol.